The van der Waals surface area contributed by atoms with Crippen LogP contribution in [0.4, 0.5) is 4.39 Å². The largest absolute Gasteiger partial charge is 0.271 e. The number of rotatable bonds is 4. The Morgan fingerprint density at radius 3 is 2.79 bits per heavy atom. The monoisotopic (exact) mass is 326 g/mol. The first-order valence-corrected chi connectivity index (χ1v) is 6.71. The molecule has 2 rings (SSSR count). The van der Waals surface area contributed by atoms with E-state index in [1.54, 1.807) is 16.8 Å². The van der Waals surface area contributed by atoms with E-state index in [-0.39, 0.29) is 11.9 Å². The summed E-state index contributed by atoms with van der Waals surface area (Å²) in [5, 5.41) is 4.28. The van der Waals surface area contributed by atoms with E-state index >= 15 is 0 Å². The summed E-state index contributed by atoms with van der Waals surface area (Å²) < 4.78 is 16.4. The van der Waals surface area contributed by atoms with Crippen LogP contribution in [-0.4, -0.2) is 9.78 Å². The van der Waals surface area contributed by atoms with E-state index in [9.17, 15) is 4.39 Å². The number of hydrazine groups is 1. The molecule has 1 unspecified atom stereocenters. The van der Waals surface area contributed by atoms with Crippen molar-refractivity contribution in [2.75, 3.05) is 0 Å². The number of aromatic nitrogens is 2. The molecule has 6 heteroatoms. The summed E-state index contributed by atoms with van der Waals surface area (Å²) in [5.74, 6) is 5.36. The van der Waals surface area contributed by atoms with Crippen LogP contribution < -0.4 is 11.3 Å². The zero-order valence-corrected chi connectivity index (χ0v) is 12.4. The summed E-state index contributed by atoms with van der Waals surface area (Å²) in [6.45, 7) is 1.91. The molecular weight excluding hydrogens is 311 g/mol. The van der Waals surface area contributed by atoms with Gasteiger partial charge in [-0.25, -0.2) is 4.39 Å². The molecule has 19 heavy (non-hydrogen) atoms. The van der Waals surface area contributed by atoms with Gasteiger partial charge in [0.1, 0.15) is 5.82 Å². The van der Waals surface area contributed by atoms with E-state index in [1.165, 1.54) is 6.07 Å². The van der Waals surface area contributed by atoms with Crippen LogP contribution in [0.5, 0.6) is 0 Å². The van der Waals surface area contributed by atoms with E-state index in [0.717, 1.165) is 15.9 Å². The van der Waals surface area contributed by atoms with Crippen molar-refractivity contribution < 1.29 is 4.39 Å². The average molecular weight is 327 g/mol. The Morgan fingerprint density at radius 1 is 1.47 bits per heavy atom. The van der Waals surface area contributed by atoms with Crippen molar-refractivity contribution in [1.82, 2.24) is 15.2 Å². The van der Waals surface area contributed by atoms with Crippen molar-refractivity contribution in [3.05, 3.63) is 51.5 Å². The molecule has 0 bridgehead atoms. The Balaban J connectivity index is 2.29. The van der Waals surface area contributed by atoms with Gasteiger partial charge in [0.15, 0.2) is 0 Å². The fraction of sp³-hybridized carbons (Fsp3) is 0.308. The van der Waals surface area contributed by atoms with Gasteiger partial charge in [-0.2, -0.15) is 5.10 Å². The Hall–Kier alpha value is -1.24. The van der Waals surface area contributed by atoms with Gasteiger partial charge in [0, 0.05) is 11.5 Å². The SMILES string of the molecule is Cc1cc(C(Cc2cc(Br)ccc2F)NN)n(C)n1. The maximum Gasteiger partial charge on any atom is 0.126 e. The molecule has 0 aliphatic carbocycles. The third-order valence-electron chi connectivity index (χ3n) is 3.03. The minimum absolute atomic E-state index is 0.185. The summed E-state index contributed by atoms with van der Waals surface area (Å²) >= 11 is 3.35. The van der Waals surface area contributed by atoms with Gasteiger partial charge in [-0.15, -0.1) is 0 Å². The van der Waals surface area contributed by atoms with E-state index < -0.39 is 0 Å². The molecule has 1 heterocycles. The third kappa shape index (κ3) is 3.20. The zero-order chi connectivity index (χ0) is 14.0. The van der Waals surface area contributed by atoms with Crippen molar-refractivity contribution in [3.8, 4) is 0 Å². The predicted molar refractivity (Wildman–Crippen MR) is 75.8 cm³/mol. The smallest absolute Gasteiger partial charge is 0.126 e. The zero-order valence-electron chi connectivity index (χ0n) is 10.8. The predicted octanol–water partition coefficient (Wildman–Crippen LogP) is 2.38. The normalized spacial score (nSPS) is 12.7. The van der Waals surface area contributed by atoms with Crippen molar-refractivity contribution in [2.45, 2.75) is 19.4 Å². The van der Waals surface area contributed by atoms with E-state index in [1.807, 2.05) is 20.0 Å². The minimum Gasteiger partial charge on any atom is -0.271 e. The average Bonchev–Trinajstić information content (AvgIpc) is 2.69. The van der Waals surface area contributed by atoms with Crippen LogP contribution in [-0.2, 0) is 13.5 Å². The van der Waals surface area contributed by atoms with Crippen LogP contribution in [0, 0.1) is 12.7 Å². The van der Waals surface area contributed by atoms with Crippen molar-refractivity contribution in [1.29, 1.82) is 0 Å². The number of nitrogens with one attached hydrogen (secondary N) is 1. The fourth-order valence-electron chi connectivity index (χ4n) is 2.13. The highest BCUT2D eigenvalue weighted by Gasteiger charge is 2.17. The van der Waals surface area contributed by atoms with Gasteiger partial charge in [0.25, 0.3) is 0 Å². The molecule has 0 amide bonds. The fourth-order valence-corrected chi connectivity index (χ4v) is 2.53. The van der Waals surface area contributed by atoms with Gasteiger partial charge in [0.05, 0.1) is 17.4 Å². The lowest BCUT2D eigenvalue weighted by atomic mass is 10.0. The number of nitrogens with zero attached hydrogens (tertiary/aromatic N) is 2. The molecule has 0 saturated heterocycles. The maximum atomic E-state index is 13.8. The van der Waals surface area contributed by atoms with Gasteiger partial charge in [-0.1, -0.05) is 15.9 Å². The van der Waals surface area contributed by atoms with Crippen molar-refractivity contribution in [3.63, 3.8) is 0 Å². The van der Waals surface area contributed by atoms with Crippen LogP contribution in [0.25, 0.3) is 0 Å². The Labute approximate surface area is 119 Å². The molecule has 3 N–H and O–H groups in total. The second-order valence-electron chi connectivity index (χ2n) is 4.49. The van der Waals surface area contributed by atoms with Gasteiger partial charge < -0.3 is 0 Å². The number of halogens is 2. The van der Waals surface area contributed by atoms with E-state index in [2.05, 4.69) is 26.5 Å². The number of benzene rings is 1. The molecule has 2 aromatic rings. The quantitative estimate of drug-likeness (QED) is 0.670. The second kappa shape index (κ2) is 5.81. The number of hydrogen-bond donors (Lipinski definition) is 2. The van der Waals surface area contributed by atoms with Gasteiger partial charge in [-0.3, -0.25) is 16.0 Å². The van der Waals surface area contributed by atoms with Crippen LogP contribution in [0.3, 0.4) is 0 Å². The Morgan fingerprint density at radius 2 is 2.21 bits per heavy atom. The van der Waals surface area contributed by atoms with Crippen LogP contribution in [0.15, 0.2) is 28.7 Å². The number of hydrogen-bond acceptors (Lipinski definition) is 3. The second-order valence-corrected chi connectivity index (χ2v) is 5.41. The molecule has 0 saturated carbocycles. The highest BCUT2D eigenvalue weighted by Crippen LogP contribution is 2.22. The van der Waals surface area contributed by atoms with Crippen LogP contribution in [0.2, 0.25) is 0 Å². The molecule has 0 aliphatic heterocycles. The van der Waals surface area contributed by atoms with Gasteiger partial charge >= 0.3 is 0 Å². The lowest BCUT2D eigenvalue weighted by Gasteiger charge is -2.16. The van der Waals surface area contributed by atoms with Gasteiger partial charge in [-0.05, 0) is 43.2 Å². The molecule has 4 nitrogen and oxygen atoms in total. The third-order valence-corrected chi connectivity index (χ3v) is 3.52. The van der Waals surface area contributed by atoms with Gasteiger partial charge in [0.2, 0.25) is 0 Å². The van der Waals surface area contributed by atoms with Crippen LogP contribution in [0.1, 0.15) is 23.0 Å². The maximum absolute atomic E-state index is 13.8. The van der Waals surface area contributed by atoms with E-state index in [0.29, 0.717) is 12.0 Å². The summed E-state index contributed by atoms with van der Waals surface area (Å²) in [6, 6.07) is 6.65. The Bertz CT molecular complexity index is 582. The van der Waals surface area contributed by atoms with E-state index in [4.69, 9.17) is 5.84 Å². The molecule has 0 fully saturated rings. The highest BCUT2D eigenvalue weighted by molar-refractivity contribution is 9.10. The molecule has 1 aromatic carbocycles. The number of nitrogens with two attached hydrogens (primary N) is 1. The Kier molecular flexibility index (Phi) is 4.34. The molecule has 1 aromatic heterocycles. The topological polar surface area (TPSA) is 55.9 Å². The lowest BCUT2D eigenvalue weighted by molar-refractivity contribution is 0.495. The summed E-state index contributed by atoms with van der Waals surface area (Å²) in [6.07, 6.45) is 0.459. The first-order valence-electron chi connectivity index (χ1n) is 5.92. The summed E-state index contributed by atoms with van der Waals surface area (Å²) in [5.41, 5.74) is 5.17. The number of aryl methyl sites for hydroxylation is 2. The molecule has 102 valence electrons. The summed E-state index contributed by atoms with van der Waals surface area (Å²) in [7, 11) is 1.85. The first-order chi connectivity index (χ1) is 9.01. The summed E-state index contributed by atoms with van der Waals surface area (Å²) in [4.78, 5) is 0. The molecule has 0 aliphatic rings. The standard InChI is InChI=1S/C13H16BrFN4/c1-8-5-13(19(2)18-8)12(17-16)7-9-6-10(14)3-4-11(9)15/h3-6,12,17H,7,16H2,1-2H3. The molecular formula is C13H16BrFN4. The van der Waals surface area contributed by atoms with Crippen LogP contribution >= 0.6 is 15.9 Å². The van der Waals surface area contributed by atoms with Crippen molar-refractivity contribution >= 4 is 15.9 Å². The highest BCUT2D eigenvalue weighted by atomic mass is 79.9. The molecule has 0 spiro atoms. The lowest BCUT2D eigenvalue weighted by Crippen LogP contribution is -2.31. The molecule has 0 radical (unpaired) electrons. The molecule has 1 atom stereocenters. The van der Waals surface area contributed by atoms with Crippen molar-refractivity contribution in [2.24, 2.45) is 12.9 Å². The first kappa shape index (κ1) is 14.2. The minimum atomic E-state index is -0.234.